The summed E-state index contributed by atoms with van der Waals surface area (Å²) in [6.45, 7) is 26.5. The molecule has 0 radical (unpaired) electrons. The number of carbonyl (C=O) groups excluding carboxylic acids is 1. The fourth-order valence-electron chi connectivity index (χ4n) is 2.85. The Labute approximate surface area is 182 Å². The Balaban J connectivity index is 5.87. The maximum atomic E-state index is 11.7. The Morgan fingerprint density at radius 3 is 1.55 bits per heavy atom. The third kappa shape index (κ3) is 12.4. The Morgan fingerprint density at radius 1 is 0.897 bits per heavy atom. The van der Waals surface area contributed by atoms with Crippen molar-refractivity contribution in [1.29, 1.82) is 0 Å². The van der Waals surface area contributed by atoms with Crippen molar-refractivity contribution < 1.29 is 27.0 Å². The average molecular weight is 481 g/mol. The van der Waals surface area contributed by atoms with Gasteiger partial charge in [-0.2, -0.15) is 0 Å². The van der Waals surface area contributed by atoms with Crippen LogP contribution in [0.25, 0.3) is 0 Å². The first kappa shape index (κ1) is 28.9. The van der Waals surface area contributed by atoms with Gasteiger partial charge in [-0.15, -0.1) is 0 Å². The molecule has 0 bridgehead atoms. The number of hydrogen-bond acceptors (Lipinski definition) is 6. The zero-order valence-electron chi connectivity index (χ0n) is 20.5. The minimum absolute atomic E-state index is 0.0637. The third-order valence-electron chi connectivity index (χ3n) is 3.65. The smallest absolute Gasteiger partial charge is 0.460 e. The van der Waals surface area contributed by atoms with Gasteiger partial charge in [-0.3, -0.25) is 0 Å². The van der Waals surface area contributed by atoms with Crippen molar-refractivity contribution in [2.24, 2.45) is 0 Å². The summed E-state index contributed by atoms with van der Waals surface area (Å²) in [5.41, 5.74) is 0.255. The van der Waals surface area contributed by atoms with Gasteiger partial charge in [0.15, 0.2) is 25.0 Å². The second kappa shape index (κ2) is 11.0. The molecular formula is C19H44O6Si4. The summed E-state index contributed by atoms with van der Waals surface area (Å²) in [5.74, 6) is -0.490. The summed E-state index contributed by atoms with van der Waals surface area (Å²) in [5, 5.41) is 10.6. The van der Waals surface area contributed by atoms with Crippen LogP contribution in [0.3, 0.4) is 0 Å². The van der Waals surface area contributed by atoms with Gasteiger partial charge in [0.05, 0.1) is 6.10 Å². The van der Waals surface area contributed by atoms with Crippen LogP contribution in [-0.4, -0.2) is 57.5 Å². The summed E-state index contributed by atoms with van der Waals surface area (Å²) in [7, 11) is -9.09. The van der Waals surface area contributed by atoms with E-state index in [2.05, 4.69) is 72.4 Å². The lowest BCUT2D eigenvalue weighted by Gasteiger charge is -2.46. The van der Waals surface area contributed by atoms with Crippen molar-refractivity contribution in [2.45, 2.75) is 97.3 Å². The molecule has 0 aliphatic heterocycles. The molecular weight excluding hydrogens is 437 g/mol. The van der Waals surface area contributed by atoms with E-state index in [9.17, 15) is 9.90 Å². The van der Waals surface area contributed by atoms with E-state index in [0.29, 0.717) is 12.0 Å². The maximum Gasteiger partial charge on any atom is 0.472 e. The van der Waals surface area contributed by atoms with Gasteiger partial charge >= 0.3 is 14.8 Å². The van der Waals surface area contributed by atoms with Crippen molar-refractivity contribution in [2.75, 3.05) is 6.61 Å². The topological polar surface area (TPSA) is 74.2 Å². The van der Waals surface area contributed by atoms with Crippen LogP contribution < -0.4 is 0 Å². The minimum Gasteiger partial charge on any atom is -0.460 e. The summed E-state index contributed by atoms with van der Waals surface area (Å²) in [6, 6.07) is 0. The van der Waals surface area contributed by atoms with E-state index in [4.69, 9.17) is 17.1 Å². The van der Waals surface area contributed by atoms with Crippen molar-refractivity contribution in [3.8, 4) is 0 Å². The van der Waals surface area contributed by atoms with Gasteiger partial charge < -0.3 is 22.2 Å². The number of hydrogen-bond donors (Lipinski definition) is 1. The summed E-state index contributed by atoms with van der Waals surface area (Å²) in [6.07, 6.45) is 0.360. The van der Waals surface area contributed by atoms with Crippen molar-refractivity contribution in [3.05, 3.63) is 12.2 Å². The molecule has 0 heterocycles. The van der Waals surface area contributed by atoms with E-state index in [0.717, 1.165) is 6.42 Å². The molecule has 2 atom stereocenters. The normalized spacial score (nSPS) is 15.7. The molecule has 0 aromatic carbocycles. The second-order valence-corrected chi connectivity index (χ2v) is 27.8. The summed E-state index contributed by atoms with van der Waals surface area (Å²) < 4.78 is 25.5. The lowest BCUT2D eigenvalue weighted by molar-refractivity contribution is -0.142. The predicted octanol–water partition coefficient (Wildman–Crippen LogP) is 5.13. The Kier molecular flexibility index (Phi) is 11.0. The lowest BCUT2D eigenvalue weighted by atomic mass is 10.1. The molecule has 0 amide bonds. The number of ether oxygens (including phenoxy) is 1. The molecule has 29 heavy (non-hydrogen) atoms. The van der Waals surface area contributed by atoms with Crippen LogP contribution in [0.5, 0.6) is 0 Å². The number of esters is 1. The van der Waals surface area contributed by atoms with Gasteiger partial charge in [0.25, 0.3) is 0 Å². The number of aliphatic hydroxyl groups excluding tert-OH is 1. The molecule has 0 aliphatic rings. The zero-order chi connectivity index (χ0) is 23.3. The van der Waals surface area contributed by atoms with E-state index in [1.54, 1.807) is 6.92 Å². The minimum atomic E-state index is -3.10. The molecule has 0 spiro atoms. The van der Waals surface area contributed by atoms with Gasteiger partial charge in [-0.05, 0) is 78.7 Å². The third-order valence-corrected chi connectivity index (χ3v) is 16.1. The largest absolute Gasteiger partial charge is 0.472 e. The molecule has 1 N–H and O–H groups in total. The molecule has 0 aromatic heterocycles. The first-order valence-electron chi connectivity index (χ1n) is 10.4. The van der Waals surface area contributed by atoms with Crippen molar-refractivity contribution in [1.82, 2.24) is 0 Å². The molecule has 0 saturated heterocycles. The fourth-order valence-corrected chi connectivity index (χ4v) is 17.8. The highest BCUT2D eigenvalue weighted by molar-refractivity contribution is 6.90. The van der Waals surface area contributed by atoms with Gasteiger partial charge in [-0.25, -0.2) is 4.79 Å². The van der Waals surface area contributed by atoms with Crippen LogP contribution in [-0.2, 0) is 21.9 Å². The van der Waals surface area contributed by atoms with Crippen LogP contribution in [0.15, 0.2) is 12.2 Å². The van der Waals surface area contributed by atoms with Crippen molar-refractivity contribution >= 4 is 39.7 Å². The molecule has 172 valence electrons. The summed E-state index contributed by atoms with van der Waals surface area (Å²) >= 11 is 0. The first-order chi connectivity index (χ1) is 12.8. The average Bonchev–Trinajstić information content (AvgIpc) is 2.44. The molecule has 2 unspecified atom stereocenters. The SMILES string of the molecule is C=C(C)C(=O)OCC(O)CC(CC)[Si](O[Si](C)(C)C)(O[Si](C)(C)C)O[Si](C)(C)C. The fraction of sp³-hybridized carbons (Fsp3) is 0.842. The van der Waals surface area contributed by atoms with Crippen LogP contribution in [0, 0.1) is 0 Å². The zero-order valence-corrected chi connectivity index (χ0v) is 24.5. The second-order valence-electron chi connectivity index (χ2n) is 10.6. The molecule has 6 nitrogen and oxygen atoms in total. The van der Waals surface area contributed by atoms with E-state index >= 15 is 0 Å². The van der Waals surface area contributed by atoms with Crippen molar-refractivity contribution in [3.63, 3.8) is 0 Å². The Hall–Kier alpha value is -0.0825. The highest BCUT2D eigenvalue weighted by atomic mass is 28.5. The molecule has 0 aliphatic carbocycles. The van der Waals surface area contributed by atoms with Crippen LogP contribution in [0.4, 0.5) is 0 Å². The molecule has 0 rings (SSSR count). The molecule has 0 aromatic rings. The number of aliphatic hydroxyl groups is 1. The number of rotatable bonds is 13. The van der Waals surface area contributed by atoms with Gasteiger partial charge in [0, 0.05) is 11.1 Å². The Bertz CT molecular complexity index is 508. The summed E-state index contributed by atoms with van der Waals surface area (Å²) in [4.78, 5) is 11.7. The predicted molar refractivity (Wildman–Crippen MR) is 129 cm³/mol. The number of carbonyl (C=O) groups is 1. The molecule has 10 heteroatoms. The Morgan fingerprint density at radius 2 is 1.28 bits per heavy atom. The van der Waals surface area contributed by atoms with Gasteiger partial charge in [0.2, 0.25) is 0 Å². The van der Waals surface area contributed by atoms with E-state index in [-0.39, 0.29) is 12.1 Å². The van der Waals surface area contributed by atoms with E-state index in [1.165, 1.54) is 0 Å². The van der Waals surface area contributed by atoms with E-state index < -0.39 is 45.8 Å². The highest BCUT2D eigenvalue weighted by Gasteiger charge is 2.55. The van der Waals surface area contributed by atoms with Crippen LogP contribution >= 0.6 is 0 Å². The first-order valence-corrected chi connectivity index (χ1v) is 22.4. The molecule has 0 fully saturated rings. The quantitative estimate of drug-likeness (QED) is 0.224. The lowest BCUT2D eigenvalue weighted by Crippen LogP contribution is -2.63. The van der Waals surface area contributed by atoms with Gasteiger partial charge in [0.1, 0.15) is 6.61 Å². The maximum absolute atomic E-state index is 11.7. The van der Waals surface area contributed by atoms with Crippen LogP contribution in [0.1, 0.15) is 26.7 Å². The highest BCUT2D eigenvalue weighted by Crippen LogP contribution is 2.39. The standard InChI is InChI=1S/C19H44O6Si4/c1-13-18(14-17(20)15-22-19(21)16(2)3)29(23-26(4,5)6,24-27(7,8)9)25-28(10,11)12/h17-18,20H,2,13-15H2,1,3-12H3. The van der Waals surface area contributed by atoms with E-state index in [1.807, 2.05) is 0 Å². The monoisotopic (exact) mass is 480 g/mol. The molecule has 0 saturated carbocycles. The van der Waals surface area contributed by atoms with Crippen LogP contribution in [0.2, 0.25) is 64.5 Å². The van der Waals surface area contributed by atoms with Gasteiger partial charge in [-0.1, -0.05) is 13.5 Å².